The highest BCUT2D eigenvalue weighted by Crippen LogP contribution is 2.45. The molecule has 0 saturated heterocycles. The maximum Gasteiger partial charge on any atom is 0.165 e. The van der Waals surface area contributed by atoms with Crippen LogP contribution in [-0.2, 0) is 6.42 Å². The molecule has 1 saturated carbocycles. The van der Waals surface area contributed by atoms with Gasteiger partial charge in [0.1, 0.15) is 0 Å². The van der Waals surface area contributed by atoms with Gasteiger partial charge in [0, 0.05) is 0 Å². The van der Waals surface area contributed by atoms with Crippen molar-refractivity contribution in [1.82, 2.24) is 0 Å². The van der Waals surface area contributed by atoms with Gasteiger partial charge in [-0.15, -0.1) is 0 Å². The molecule has 1 aliphatic carbocycles. The fraction of sp³-hybridized carbons (Fsp3) is 0.562. The van der Waals surface area contributed by atoms with Gasteiger partial charge in [0.15, 0.2) is 11.6 Å². The highest BCUT2D eigenvalue weighted by Gasteiger charge is 2.38. The number of nitriles is 1. The molecular weight excluding hydrogens is 241 g/mol. The molecule has 2 unspecified atom stereocenters. The summed E-state index contributed by atoms with van der Waals surface area (Å²) in [5.41, 5.74) is 0.582. The number of halogens is 1. The maximum atomic E-state index is 13.7. The number of benzene rings is 1. The fourth-order valence-electron chi connectivity index (χ4n) is 3.10. The van der Waals surface area contributed by atoms with Crippen LogP contribution in [-0.4, -0.2) is 7.11 Å². The topological polar surface area (TPSA) is 33.0 Å². The third-order valence-electron chi connectivity index (χ3n) is 4.28. The molecule has 1 fully saturated rings. The Morgan fingerprint density at radius 1 is 1.53 bits per heavy atom. The summed E-state index contributed by atoms with van der Waals surface area (Å²) in [7, 11) is 1.46. The highest BCUT2D eigenvalue weighted by atomic mass is 19.1. The Hall–Kier alpha value is -1.56. The molecule has 1 aliphatic rings. The Labute approximate surface area is 114 Å². The minimum atomic E-state index is -0.349. The Kier molecular flexibility index (Phi) is 4.09. The number of rotatable bonds is 4. The largest absolute Gasteiger partial charge is 0.494 e. The van der Waals surface area contributed by atoms with Crippen molar-refractivity contribution < 1.29 is 9.13 Å². The molecule has 2 nitrogen and oxygen atoms in total. The summed E-state index contributed by atoms with van der Waals surface area (Å²) in [5.74, 6) is 0.550. The predicted molar refractivity (Wildman–Crippen MR) is 72.3 cm³/mol. The van der Waals surface area contributed by atoms with E-state index in [-0.39, 0.29) is 17.0 Å². The second-order valence-electron chi connectivity index (χ2n) is 5.55. The van der Waals surface area contributed by atoms with Crippen molar-refractivity contribution >= 4 is 0 Å². The van der Waals surface area contributed by atoms with E-state index in [1.54, 1.807) is 6.07 Å². The van der Waals surface area contributed by atoms with Gasteiger partial charge < -0.3 is 4.74 Å². The Balaban J connectivity index is 2.16. The van der Waals surface area contributed by atoms with Crippen LogP contribution in [0.5, 0.6) is 5.75 Å². The van der Waals surface area contributed by atoms with Crippen molar-refractivity contribution in [2.75, 3.05) is 7.11 Å². The van der Waals surface area contributed by atoms with Crippen molar-refractivity contribution in [3.63, 3.8) is 0 Å². The molecule has 0 radical (unpaired) electrons. The molecule has 0 heterocycles. The predicted octanol–water partition coefficient (Wildman–Crippen LogP) is 4.10. The summed E-state index contributed by atoms with van der Waals surface area (Å²) in [6.45, 7) is 2.17. The summed E-state index contributed by atoms with van der Waals surface area (Å²) in [6.07, 6.45) is 4.74. The average molecular weight is 261 g/mol. The Morgan fingerprint density at radius 2 is 2.32 bits per heavy atom. The smallest absolute Gasteiger partial charge is 0.165 e. The van der Waals surface area contributed by atoms with Crippen molar-refractivity contribution in [3.8, 4) is 11.8 Å². The molecule has 0 aliphatic heterocycles. The van der Waals surface area contributed by atoms with E-state index >= 15 is 0 Å². The molecule has 2 rings (SSSR count). The van der Waals surface area contributed by atoms with E-state index in [9.17, 15) is 9.65 Å². The van der Waals surface area contributed by atoms with E-state index in [0.717, 1.165) is 31.2 Å². The first-order valence-electron chi connectivity index (χ1n) is 6.86. The summed E-state index contributed by atoms with van der Waals surface area (Å²) in [5, 5.41) is 9.49. The lowest BCUT2D eigenvalue weighted by Crippen LogP contribution is -2.18. The van der Waals surface area contributed by atoms with Crippen molar-refractivity contribution in [3.05, 3.63) is 29.6 Å². The summed E-state index contributed by atoms with van der Waals surface area (Å²) >= 11 is 0. The van der Waals surface area contributed by atoms with Gasteiger partial charge in [-0.05, 0) is 49.3 Å². The van der Waals surface area contributed by atoms with Crippen LogP contribution in [0.15, 0.2) is 18.2 Å². The maximum absolute atomic E-state index is 13.7. The molecule has 0 aromatic heterocycles. The van der Waals surface area contributed by atoms with Gasteiger partial charge in [-0.2, -0.15) is 5.26 Å². The molecule has 1 aromatic carbocycles. The third-order valence-corrected chi connectivity index (χ3v) is 4.28. The minimum Gasteiger partial charge on any atom is -0.494 e. The van der Waals surface area contributed by atoms with E-state index in [4.69, 9.17) is 4.74 Å². The van der Waals surface area contributed by atoms with Gasteiger partial charge in [-0.3, -0.25) is 0 Å². The quantitative estimate of drug-likeness (QED) is 0.817. The minimum absolute atomic E-state index is 0.257. The summed E-state index contributed by atoms with van der Waals surface area (Å²) in [6, 6.07) is 7.48. The van der Waals surface area contributed by atoms with E-state index < -0.39 is 0 Å². The number of ether oxygens (including phenoxy) is 1. The van der Waals surface area contributed by atoms with Crippen LogP contribution in [0.1, 0.15) is 38.2 Å². The number of nitrogens with zero attached hydrogens (tertiary/aromatic N) is 1. The zero-order valence-corrected chi connectivity index (χ0v) is 11.6. The second-order valence-corrected chi connectivity index (χ2v) is 5.55. The van der Waals surface area contributed by atoms with Crippen molar-refractivity contribution in [2.45, 2.75) is 39.0 Å². The van der Waals surface area contributed by atoms with E-state index in [1.807, 2.05) is 6.07 Å². The van der Waals surface area contributed by atoms with Crippen molar-refractivity contribution in [1.29, 1.82) is 5.26 Å². The van der Waals surface area contributed by atoms with Crippen LogP contribution in [0, 0.1) is 28.5 Å². The van der Waals surface area contributed by atoms with Crippen LogP contribution >= 0.6 is 0 Å². The number of hydrogen-bond donors (Lipinski definition) is 0. The summed E-state index contributed by atoms with van der Waals surface area (Å²) < 4.78 is 18.6. The molecule has 1 aromatic rings. The third kappa shape index (κ3) is 2.89. The van der Waals surface area contributed by atoms with Gasteiger partial charge in [-0.25, -0.2) is 4.39 Å². The first-order valence-corrected chi connectivity index (χ1v) is 6.86. The summed E-state index contributed by atoms with van der Waals surface area (Å²) in [4.78, 5) is 0. The number of methoxy groups -OCH3 is 1. The lowest BCUT2D eigenvalue weighted by atomic mass is 9.80. The van der Waals surface area contributed by atoms with E-state index in [1.165, 1.54) is 13.2 Å². The van der Waals surface area contributed by atoms with Crippen LogP contribution in [0.3, 0.4) is 0 Å². The molecule has 0 bridgehead atoms. The van der Waals surface area contributed by atoms with Crippen molar-refractivity contribution in [2.24, 2.45) is 11.3 Å². The van der Waals surface area contributed by atoms with Gasteiger partial charge >= 0.3 is 0 Å². The van der Waals surface area contributed by atoms with Gasteiger partial charge in [-0.1, -0.05) is 19.4 Å². The molecule has 2 atom stereocenters. The van der Waals surface area contributed by atoms with Crippen LogP contribution < -0.4 is 4.74 Å². The van der Waals surface area contributed by atoms with Crippen LogP contribution in [0.4, 0.5) is 4.39 Å². The molecule has 0 spiro atoms. The normalized spacial score (nSPS) is 26.1. The van der Waals surface area contributed by atoms with Gasteiger partial charge in [0.2, 0.25) is 0 Å². The van der Waals surface area contributed by atoms with Gasteiger partial charge in [0.05, 0.1) is 18.6 Å². The lowest BCUT2D eigenvalue weighted by Gasteiger charge is -2.21. The monoisotopic (exact) mass is 261 g/mol. The first-order chi connectivity index (χ1) is 9.12. The Morgan fingerprint density at radius 3 is 2.84 bits per heavy atom. The van der Waals surface area contributed by atoms with E-state index in [0.29, 0.717) is 12.3 Å². The standard InChI is InChI=1S/C16H20FNO/c1-3-12-6-7-16(9-12,11-18)10-13-4-5-15(19-2)14(17)8-13/h4-5,8,12H,3,6-7,9-10H2,1-2H3. The zero-order valence-electron chi connectivity index (χ0n) is 11.6. The van der Waals surface area contributed by atoms with Crippen LogP contribution in [0.25, 0.3) is 0 Å². The van der Waals surface area contributed by atoms with E-state index in [2.05, 4.69) is 13.0 Å². The molecule has 0 amide bonds. The average Bonchev–Trinajstić information content (AvgIpc) is 2.83. The first kappa shape index (κ1) is 13.9. The molecule has 102 valence electrons. The zero-order chi connectivity index (χ0) is 13.9. The Bertz CT molecular complexity index is 494. The second kappa shape index (κ2) is 5.61. The molecule has 3 heteroatoms. The molecule has 0 N–H and O–H groups in total. The fourth-order valence-corrected chi connectivity index (χ4v) is 3.10. The van der Waals surface area contributed by atoms with Gasteiger partial charge in [0.25, 0.3) is 0 Å². The lowest BCUT2D eigenvalue weighted by molar-refractivity contribution is 0.374. The SMILES string of the molecule is CCC1CCC(C#N)(Cc2ccc(OC)c(F)c2)C1. The highest BCUT2D eigenvalue weighted by molar-refractivity contribution is 5.31. The molecular formula is C16H20FNO. The number of hydrogen-bond acceptors (Lipinski definition) is 2. The van der Waals surface area contributed by atoms with Crippen LogP contribution in [0.2, 0.25) is 0 Å². The molecule has 19 heavy (non-hydrogen) atoms.